The molecule has 190 valence electrons. The predicted octanol–water partition coefficient (Wildman–Crippen LogP) is 3.10. The second-order valence-electron chi connectivity index (χ2n) is 7.67. The maximum Gasteiger partial charge on any atom is 0.234 e. The number of para-hydroxylation sites is 2. The summed E-state index contributed by atoms with van der Waals surface area (Å²) in [6.07, 6.45) is 0. The fourth-order valence-corrected chi connectivity index (χ4v) is 4.67. The van der Waals surface area contributed by atoms with Crippen LogP contribution in [-0.2, 0) is 9.59 Å². The highest BCUT2D eigenvalue weighted by molar-refractivity contribution is 8.00. The summed E-state index contributed by atoms with van der Waals surface area (Å²) in [7, 11) is 0. The van der Waals surface area contributed by atoms with Crippen molar-refractivity contribution in [3.63, 3.8) is 0 Å². The zero-order chi connectivity index (χ0) is 26.2. The Morgan fingerprint density at radius 3 is 1.39 bits per heavy atom. The average molecular weight is 545 g/mol. The van der Waals surface area contributed by atoms with Gasteiger partial charge in [-0.1, -0.05) is 59.9 Å². The van der Waals surface area contributed by atoms with Crippen LogP contribution in [0.25, 0.3) is 11.4 Å². The van der Waals surface area contributed by atoms with E-state index in [9.17, 15) is 9.59 Å². The highest BCUT2D eigenvalue weighted by Gasteiger charge is 2.13. The van der Waals surface area contributed by atoms with Crippen molar-refractivity contribution in [3.8, 4) is 11.4 Å². The van der Waals surface area contributed by atoms with Gasteiger partial charge in [0.1, 0.15) is 0 Å². The first-order valence-electron chi connectivity index (χ1n) is 11.3. The van der Waals surface area contributed by atoms with E-state index in [4.69, 9.17) is 0 Å². The van der Waals surface area contributed by atoms with Gasteiger partial charge >= 0.3 is 0 Å². The quantitative estimate of drug-likeness (QED) is 0.252. The molecule has 0 aliphatic carbocycles. The molecule has 0 aliphatic heterocycles. The molecule has 2 aromatic heterocycles. The molecule has 5 rings (SSSR count). The summed E-state index contributed by atoms with van der Waals surface area (Å²) in [5, 5.41) is 30.0. The third-order valence-electron chi connectivity index (χ3n) is 5.00. The second kappa shape index (κ2) is 12.1. The molecule has 0 radical (unpaired) electrons. The number of nitrogens with zero attached hydrogens (tertiary/aromatic N) is 8. The standard InChI is InChI=1S/C24H20N10O2S2/c35-21(15-37-23-27-29-31-33(23)19-7-3-1-4-8-19)25-17-11-13-18(14-12-17)26-22(36)16-38-24-28-30-32-34(24)20-9-5-2-6-10-20/h1-14H,15-16H2,(H,25,35)(H,26,36). The molecule has 38 heavy (non-hydrogen) atoms. The molecule has 2 heterocycles. The second-order valence-corrected chi connectivity index (χ2v) is 9.55. The third-order valence-corrected chi connectivity index (χ3v) is 6.84. The first kappa shape index (κ1) is 25.1. The van der Waals surface area contributed by atoms with E-state index in [1.807, 2.05) is 60.7 Å². The van der Waals surface area contributed by atoms with Crippen molar-refractivity contribution in [3.05, 3.63) is 84.9 Å². The number of aromatic nitrogens is 8. The monoisotopic (exact) mass is 544 g/mol. The molecular formula is C24H20N10O2S2. The molecule has 2 N–H and O–H groups in total. The van der Waals surface area contributed by atoms with Crippen molar-refractivity contribution in [2.45, 2.75) is 10.3 Å². The van der Waals surface area contributed by atoms with E-state index in [2.05, 4.69) is 41.7 Å². The molecule has 0 unspecified atom stereocenters. The van der Waals surface area contributed by atoms with E-state index in [0.29, 0.717) is 21.7 Å². The molecule has 3 aromatic carbocycles. The fourth-order valence-electron chi connectivity index (χ4n) is 3.29. The Balaban J connectivity index is 1.09. The van der Waals surface area contributed by atoms with E-state index < -0.39 is 0 Å². The number of nitrogens with one attached hydrogen (secondary N) is 2. The zero-order valence-corrected chi connectivity index (χ0v) is 21.3. The molecule has 5 aromatic rings. The van der Waals surface area contributed by atoms with Gasteiger partial charge in [0.25, 0.3) is 0 Å². The lowest BCUT2D eigenvalue weighted by atomic mass is 10.3. The third kappa shape index (κ3) is 6.41. The van der Waals surface area contributed by atoms with Crippen LogP contribution in [0.4, 0.5) is 11.4 Å². The summed E-state index contributed by atoms with van der Waals surface area (Å²) in [5.74, 6) is -0.152. The molecule has 0 saturated carbocycles. The highest BCUT2D eigenvalue weighted by atomic mass is 32.2. The Morgan fingerprint density at radius 1 is 0.605 bits per heavy atom. The Bertz CT molecular complexity index is 1390. The van der Waals surface area contributed by atoms with Crippen LogP contribution in [0.5, 0.6) is 0 Å². The number of anilines is 2. The molecule has 12 nitrogen and oxygen atoms in total. The number of tetrazole rings is 2. The molecule has 14 heteroatoms. The summed E-state index contributed by atoms with van der Waals surface area (Å²) in [4.78, 5) is 24.9. The first-order valence-corrected chi connectivity index (χ1v) is 13.3. The van der Waals surface area contributed by atoms with Gasteiger partial charge in [-0.05, 0) is 69.4 Å². The molecule has 0 fully saturated rings. The van der Waals surface area contributed by atoms with Gasteiger partial charge in [0.05, 0.1) is 22.9 Å². The smallest absolute Gasteiger partial charge is 0.234 e. The fraction of sp³-hybridized carbons (Fsp3) is 0.0833. The molecule has 0 spiro atoms. The van der Waals surface area contributed by atoms with Crippen molar-refractivity contribution in [2.75, 3.05) is 22.1 Å². The summed E-state index contributed by atoms with van der Waals surface area (Å²) in [6, 6.07) is 25.8. The van der Waals surface area contributed by atoms with Gasteiger partial charge in [-0.3, -0.25) is 9.59 Å². The van der Waals surface area contributed by atoms with Crippen LogP contribution in [0, 0.1) is 0 Å². The number of hydrogen-bond acceptors (Lipinski definition) is 10. The minimum Gasteiger partial charge on any atom is -0.325 e. The molecule has 2 amide bonds. The SMILES string of the molecule is O=C(CSc1nnnn1-c1ccccc1)Nc1ccc(NC(=O)CSc2nnnn2-c2ccccc2)cc1. The van der Waals surface area contributed by atoms with Crippen LogP contribution in [0.15, 0.2) is 95.2 Å². The van der Waals surface area contributed by atoms with Crippen LogP contribution < -0.4 is 10.6 Å². The summed E-state index contributed by atoms with van der Waals surface area (Å²) >= 11 is 2.46. The minimum absolute atomic E-state index is 0.130. The van der Waals surface area contributed by atoms with Gasteiger partial charge in [0, 0.05) is 11.4 Å². The number of benzene rings is 3. The van der Waals surface area contributed by atoms with E-state index in [0.717, 1.165) is 11.4 Å². The van der Waals surface area contributed by atoms with Gasteiger partial charge in [-0.15, -0.1) is 10.2 Å². The van der Waals surface area contributed by atoms with E-state index >= 15 is 0 Å². The minimum atomic E-state index is -0.207. The normalized spacial score (nSPS) is 10.7. The molecule has 0 atom stereocenters. The number of carbonyl (C=O) groups is 2. The zero-order valence-electron chi connectivity index (χ0n) is 19.7. The summed E-state index contributed by atoms with van der Waals surface area (Å²) < 4.78 is 3.16. The molecular weight excluding hydrogens is 524 g/mol. The Kier molecular flexibility index (Phi) is 8.01. The lowest BCUT2D eigenvalue weighted by molar-refractivity contribution is -0.114. The average Bonchev–Trinajstić information content (AvgIpc) is 3.63. The van der Waals surface area contributed by atoms with Crippen molar-refractivity contribution in [1.82, 2.24) is 40.4 Å². The van der Waals surface area contributed by atoms with E-state index in [-0.39, 0.29) is 23.3 Å². The number of hydrogen-bond donors (Lipinski definition) is 2. The largest absolute Gasteiger partial charge is 0.325 e. The van der Waals surface area contributed by atoms with E-state index in [1.54, 1.807) is 33.6 Å². The lowest BCUT2D eigenvalue weighted by Crippen LogP contribution is -2.16. The summed E-state index contributed by atoms with van der Waals surface area (Å²) in [5.41, 5.74) is 2.83. The van der Waals surface area contributed by atoms with Crippen LogP contribution in [-0.4, -0.2) is 63.7 Å². The first-order chi connectivity index (χ1) is 18.7. The number of amides is 2. The number of thioether (sulfide) groups is 2. The van der Waals surface area contributed by atoms with Crippen LogP contribution >= 0.6 is 23.5 Å². The van der Waals surface area contributed by atoms with Crippen LogP contribution in [0.2, 0.25) is 0 Å². The number of carbonyl (C=O) groups excluding carboxylic acids is 2. The Hall–Kier alpha value is -4.56. The van der Waals surface area contributed by atoms with Crippen molar-refractivity contribution in [2.24, 2.45) is 0 Å². The van der Waals surface area contributed by atoms with Crippen molar-refractivity contribution in [1.29, 1.82) is 0 Å². The molecule has 0 bridgehead atoms. The highest BCUT2D eigenvalue weighted by Crippen LogP contribution is 2.21. The van der Waals surface area contributed by atoms with Gasteiger partial charge in [0.15, 0.2) is 0 Å². The molecule has 0 saturated heterocycles. The van der Waals surface area contributed by atoms with Crippen LogP contribution in [0.1, 0.15) is 0 Å². The predicted molar refractivity (Wildman–Crippen MR) is 143 cm³/mol. The van der Waals surface area contributed by atoms with Gasteiger partial charge in [-0.2, -0.15) is 9.36 Å². The Morgan fingerprint density at radius 2 is 1.00 bits per heavy atom. The Labute approximate surface area is 225 Å². The van der Waals surface area contributed by atoms with Gasteiger partial charge in [0.2, 0.25) is 22.1 Å². The topological polar surface area (TPSA) is 145 Å². The maximum atomic E-state index is 12.4. The number of rotatable bonds is 10. The van der Waals surface area contributed by atoms with Crippen molar-refractivity contribution < 1.29 is 9.59 Å². The van der Waals surface area contributed by atoms with E-state index in [1.165, 1.54) is 23.5 Å². The van der Waals surface area contributed by atoms with Crippen molar-refractivity contribution >= 4 is 46.7 Å². The summed E-state index contributed by atoms with van der Waals surface area (Å²) in [6.45, 7) is 0. The maximum absolute atomic E-state index is 12.4. The van der Waals surface area contributed by atoms with Gasteiger partial charge < -0.3 is 10.6 Å². The lowest BCUT2D eigenvalue weighted by Gasteiger charge is -2.08. The van der Waals surface area contributed by atoms with Gasteiger partial charge in [-0.25, -0.2) is 0 Å². The molecule has 0 aliphatic rings. The van der Waals surface area contributed by atoms with Crippen LogP contribution in [0.3, 0.4) is 0 Å².